The number of amides is 1. The Kier molecular flexibility index (Phi) is 7.57. The van der Waals surface area contributed by atoms with Crippen LogP contribution in [0.3, 0.4) is 0 Å². The smallest absolute Gasteiger partial charge is 0.269 e. The minimum absolute atomic E-state index is 0.0516. The van der Waals surface area contributed by atoms with E-state index >= 15 is 0 Å². The Labute approximate surface area is 190 Å². The normalized spacial score (nSPS) is 15.4. The van der Waals surface area contributed by atoms with Crippen molar-refractivity contribution in [1.82, 2.24) is 10.3 Å². The number of nitro groups is 1. The fourth-order valence-electron chi connectivity index (χ4n) is 3.28. The molecule has 0 bridgehead atoms. The van der Waals surface area contributed by atoms with Gasteiger partial charge in [-0.3, -0.25) is 19.8 Å². The third-order valence-corrected chi connectivity index (χ3v) is 6.01. The summed E-state index contributed by atoms with van der Waals surface area (Å²) in [6, 6.07) is 9.97. The van der Waals surface area contributed by atoms with Crippen LogP contribution in [0.4, 0.5) is 5.69 Å². The number of benzene rings is 2. The van der Waals surface area contributed by atoms with Gasteiger partial charge in [-0.15, -0.1) is 0 Å². The lowest BCUT2D eigenvalue weighted by Gasteiger charge is -2.30. The number of hydrazone groups is 1. The number of non-ortho nitro benzene ring substituents is 1. The molecule has 0 aromatic heterocycles. The molecule has 0 saturated carbocycles. The Morgan fingerprint density at radius 1 is 1.27 bits per heavy atom. The number of phenolic OH excluding ortho intramolecular Hbond substituents is 1. The summed E-state index contributed by atoms with van der Waals surface area (Å²) >= 11 is 6.60. The molecule has 1 aliphatic heterocycles. The lowest BCUT2D eigenvalue weighted by atomic mass is 9.96. The number of nitro benzene ring substituents is 1. The zero-order valence-corrected chi connectivity index (χ0v) is 19.1. The predicted octanol–water partition coefficient (Wildman–Crippen LogP) is 4.19. The number of halogens is 2. The van der Waals surface area contributed by atoms with E-state index in [1.807, 2.05) is 0 Å². The van der Waals surface area contributed by atoms with Gasteiger partial charge in [-0.2, -0.15) is 5.10 Å². The molecular weight excluding hydrogens is 520 g/mol. The molecular formula is C20H20Br2N4O4. The zero-order valence-electron chi connectivity index (χ0n) is 15.9. The lowest BCUT2D eigenvalue weighted by Crippen LogP contribution is -2.39. The number of hydrogen-bond acceptors (Lipinski definition) is 6. The average Bonchev–Trinajstić information content (AvgIpc) is 2.72. The molecule has 0 radical (unpaired) electrons. The summed E-state index contributed by atoms with van der Waals surface area (Å²) in [5.41, 5.74) is 4.12. The van der Waals surface area contributed by atoms with Crippen molar-refractivity contribution in [2.75, 3.05) is 13.1 Å². The third kappa shape index (κ3) is 5.87. The minimum atomic E-state index is -0.410. The van der Waals surface area contributed by atoms with Crippen molar-refractivity contribution < 1.29 is 14.8 Å². The first-order valence-electron chi connectivity index (χ1n) is 9.30. The molecule has 1 saturated heterocycles. The van der Waals surface area contributed by atoms with Gasteiger partial charge in [0.1, 0.15) is 5.75 Å². The molecule has 2 N–H and O–H groups in total. The van der Waals surface area contributed by atoms with Crippen LogP contribution in [0.1, 0.15) is 24.0 Å². The molecule has 0 aliphatic carbocycles. The van der Waals surface area contributed by atoms with Gasteiger partial charge < -0.3 is 5.11 Å². The number of nitrogens with zero attached hydrogens (tertiary/aromatic N) is 3. The first-order chi connectivity index (χ1) is 14.3. The van der Waals surface area contributed by atoms with E-state index in [1.54, 1.807) is 24.3 Å². The second-order valence-electron chi connectivity index (χ2n) is 7.03. The number of nitrogens with one attached hydrogen (secondary N) is 1. The van der Waals surface area contributed by atoms with E-state index in [-0.39, 0.29) is 23.3 Å². The molecule has 2 aromatic carbocycles. The van der Waals surface area contributed by atoms with Gasteiger partial charge in [-0.1, -0.05) is 28.1 Å². The van der Waals surface area contributed by atoms with Gasteiger partial charge in [0, 0.05) is 34.6 Å². The summed E-state index contributed by atoms with van der Waals surface area (Å²) in [5, 5.41) is 24.7. The highest BCUT2D eigenvalue weighted by molar-refractivity contribution is 9.11. The highest BCUT2D eigenvalue weighted by Gasteiger charge is 2.25. The number of rotatable bonds is 6. The van der Waals surface area contributed by atoms with Crippen molar-refractivity contribution in [3.8, 4) is 5.75 Å². The van der Waals surface area contributed by atoms with Crippen LogP contribution in [-0.4, -0.2) is 40.1 Å². The van der Waals surface area contributed by atoms with Gasteiger partial charge in [0.05, 0.1) is 15.6 Å². The zero-order chi connectivity index (χ0) is 21.7. The first-order valence-corrected chi connectivity index (χ1v) is 10.9. The van der Waals surface area contributed by atoms with Crippen LogP contribution in [0.5, 0.6) is 5.75 Å². The minimum Gasteiger partial charge on any atom is -0.506 e. The molecule has 30 heavy (non-hydrogen) atoms. The quantitative estimate of drug-likeness (QED) is 0.325. The van der Waals surface area contributed by atoms with E-state index in [1.165, 1.54) is 18.3 Å². The van der Waals surface area contributed by atoms with Crippen LogP contribution < -0.4 is 5.43 Å². The van der Waals surface area contributed by atoms with Crippen LogP contribution in [0.15, 0.2) is 50.4 Å². The fourth-order valence-corrected chi connectivity index (χ4v) is 4.53. The molecule has 0 spiro atoms. The van der Waals surface area contributed by atoms with E-state index in [0.29, 0.717) is 29.4 Å². The summed E-state index contributed by atoms with van der Waals surface area (Å²) in [5.74, 6) is -0.219. The van der Waals surface area contributed by atoms with Crippen LogP contribution >= 0.6 is 31.9 Å². The Hall–Kier alpha value is -2.30. The number of hydrogen-bond donors (Lipinski definition) is 2. The van der Waals surface area contributed by atoms with Gasteiger partial charge >= 0.3 is 0 Å². The van der Waals surface area contributed by atoms with E-state index in [9.17, 15) is 20.0 Å². The van der Waals surface area contributed by atoms with Gasteiger partial charge in [-0.05, 0) is 59.6 Å². The van der Waals surface area contributed by atoms with Gasteiger partial charge in [0.2, 0.25) is 5.91 Å². The first kappa shape index (κ1) is 22.4. The summed E-state index contributed by atoms with van der Waals surface area (Å²) < 4.78 is 1.31. The lowest BCUT2D eigenvalue weighted by molar-refractivity contribution is -0.384. The highest BCUT2D eigenvalue weighted by Crippen LogP contribution is 2.30. The molecule has 1 fully saturated rings. The van der Waals surface area contributed by atoms with E-state index < -0.39 is 4.92 Å². The second-order valence-corrected chi connectivity index (χ2v) is 8.80. The van der Waals surface area contributed by atoms with Crippen molar-refractivity contribution >= 4 is 49.7 Å². The standard InChI is InChI=1S/C20H20Br2N4O4/c21-16-9-15(19(27)18(22)10-16)11-23-24-20(28)14-5-7-25(8-6-14)12-13-1-3-17(4-2-13)26(29)30/h1-4,9-11,14,27H,5-8,12H2,(H,24,28). The van der Waals surface area contributed by atoms with Crippen molar-refractivity contribution in [1.29, 1.82) is 0 Å². The summed E-state index contributed by atoms with van der Waals surface area (Å²) in [7, 11) is 0. The molecule has 1 aliphatic rings. The molecule has 158 valence electrons. The third-order valence-electron chi connectivity index (χ3n) is 4.95. The van der Waals surface area contributed by atoms with Crippen molar-refractivity contribution in [2.45, 2.75) is 19.4 Å². The highest BCUT2D eigenvalue weighted by atomic mass is 79.9. The topological polar surface area (TPSA) is 108 Å². The molecule has 1 amide bonds. The monoisotopic (exact) mass is 538 g/mol. The molecule has 0 atom stereocenters. The number of carbonyl (C=O) groups is 1. The largest absolute Gasteiger partial charge is 0.506 e. The summed E-state index contributed by atoms with van der Waals surface area (Å²) in [6.07, 6.45) is 2.83. The van der Waals surface area contributed by atoms with E-state index in [4.69, 9.17) is 0 Å². The Morgan fingerprint density at radius 2 is 1.93 bits per heavy atom. The van der Waals surface area contributed by atoms with Gasteiger partial charge in [0.15, 0.2) is 0 Å². The number of carbonyl (C=O) groups excluding carboxylic acids is 1. The maximum absolute atomic E-state index is 12.4. The number of aromatic hydroxyl groups is 1. The average molecular weight is 540 g/mol. The van der Waals surface area contributed by atoms with Crippen LogP contribution in [0.25, 0.3) is 0 Å². The van der Waals surface area contributed by atoms with E-state index in [2.05, 4.69) is 47.3 Å². The Balaban J connectivity index is 1.47. The number of phenols is 1. The fraction of sp³-hybridized carbons (Fsp3) is 0.300. The van der Waals surface area contributed by atoms with E-state index in [0.717, 1.165) is 23.1 Å². The van der Waals surface area contributed by atoms with Crippen molar-refractivity contribution in [2.24, 2.45) is 11.0 Å². The molecule has 0 unspecified atom stereocenters. The van der Waals surface area contributed by atoms with Crippen molar-refractivity contribution in [3.05, 3.63) is 66.6 Å². The second kappa shape index (κ2) is 10.1. The maximum Gasteiger partial charge on any atom is 0.269 e. The molecule has 3 rings (SSSR count). The maximum atomic E-state index is 12.4. The molecule has 8 nitrogen and oxygen atoms in total. The molecule has 1 heterocycles. The number of likely N-dealkylation sites (tertiary alicyclic amines) is 1. The predicted molar refractivity (Wildman–Crippen MR) is 120 cm³/mol. The van der Waals surface area contributed by atoms with Crippen LogP contribution in [0.2, 0.25) is 0 Å². The SMILES string of the molecule is O=C(NN=Cc1cc(Br)cc(Br)c1O)C1CCN(Cc2ccc([N+](=O)[O-])cc2)CC1. The van der Waals surface area contributed by atoms with Crippen molar-refractivity contribution in [3.63, 3.8) is 0 Å². The molecule has 10 heteroatoms. The Bertz CT molecular complexity index is 958. The summed E-state index contributed by atoms with van der Waals surface area (Å²) in [4.78, 5) is 24.9. The summed E-state index contributed by atoms with van der Waals surface area (Å²) in [6.45, 7) is 2.22. The van der Waals surface area contributed by atoms with Gasteiger partial charge in [-0.25, -0.2) is 5.43 Å². The molecule has 2 aromatic rings. The van der Waals surface area contributed by atoms with Gasteiger partial charge in [0.25, 0.3) is 5.69 Å². The van der Waals surface area contributed by atoms with Crippen LogP contribution in [0, 0.1) is 16.0 Å². The van der Waals surface area contributed by atoms with Crippen LogP contribution in [-0.2, 0) is 11.3 Å². The number of piperidine rings is 1. The Morgan fingerprint density at radius 3 is 2.57 bits per heavy atom.